The van der Waals surface area contributed by atoms with Crippen molar-refractivity contribution in [3.05, 3.63) is 72.7 Å². The number of halogens is 1. The molecule has 0 fully saturated rings. The lowest BCUT2D eigenvalue weighted by Gasteiger charge is -2.28. The zero-order valence-corrected chi connectivity index (χ0v) is 12.0. The quantitative estimate of drug-likeness (QED) is 0.797. The molecule has 1 aromatic heterocycles. The molecule has 2 rings (SSSR count). The molecule has 0 spiro atoms. The predicted octanol–water partition coefficient (Wildman–Crippen LogP) is 4.28. The van der Waals surface area contributed by atoms with E-state index in [0.717, 1.165) is 18.7 Å². The minimum atomic E-state index is -0.207. The van der Waals surface area contributed by atoms with E-state index in [-0.39, 0.29) is 17.9 Å². The average molecular weight is 278 g/mol. The molecule has 102 valence electrons. The summed E-state index contributed by atoms with van der Waals surface area (Å²) in [5.41, 5.74) is 1.06. The molecule has 1 atom stereocenters. The van der Waals surface area contributed by atoms with E-state index in [1.807, 2.05) is 24.3 Å². The smallest absolute Gasteiger partial charge is 0.123 e. The van der Waals surface area contributed by atoms with Gasteiger partial charge in [0.15, 0.2) is 0 Å². The van der Waals surface area contributed by atoms with Crippen molar-refractivity contribution in [3.63, 3.8) is 0 Å². The van der Waals surface area contributed by atoms with Crippen LogP contribution in [0.5, 0.6) is 0 Å². The standard InChI is InChI=1S/C16H19NO.ClH/c1-3-11-16(2,15-10-7-12-18-15)17-13-14-8-5-4-6-9-14;/h3-10,12,17H,1,11,13H2,2H3;1H. The van der Waals surface area contributed by atoms with Gasteiger partial charge < -0.3 is 9.73 Å². The number of nitrogens with one attached hydrogen (secondary N) is 1. The van der Waals surface area contributed by atoms with Crippen LogP contribution in [-0.2, 0) is 12.1 Å². The summed E-state index contributed by atoms with van der Waals surface area (Å²) in [6.45, 7) is 6.78. The first kappa shape index (κ1) is 15.5. The molecule has 19 heavy (non-hydrogen) atoms. The predicted molar refractivity (Wildman–Crippen MR) is 81.4 cm³/mol. The minimum Gasteiger partial charge on any atom is -0.467 e. The Morgan fingerprint density at radius 1 is 1.21 bits per heavy atom. The monoisotopic (exact) mass is 277 g/mol. The molecule has 0 bridgehead atoms. The maximum Gasteiger partial charge on any atom is 0.123 e. The number of rotatable bonds is 6. The van der Waals surface area contributed by atoms with Gasteiger partial charge in [0.05, 0.1) is 11.8 Å². The fraction of sp³-hybridized carbons (Fsp3) is 0.250. The number of hydrogen-bond acceptors (Lipinski definition) is 2. The highest BCUT2D eigenvalue weighted by atomic mass is 35.5. The lowest BCUT2D eigenvalue weighted by molar-refractivity contribution is 0.294. The van der Waals surface area contributed by atoms with Crippen LogP contribution in [0.1, 0.15) is 24.7 Å². The van der Waals surface area contributed by atoms with Gasteiger partial charge in [0, 0.05) is 6.54 Å². The van der Waals surface area contributed by atoms with Crippen molar-refractivity contribution in [2.75, 3.05) is 0 Å². The van der Waals surface area contributed by atoms with E-state index < -0.39 is 0 Å². The van der Waals surface area contributed by atoms with Crippen molar-refractivity contribution in [1.82, 2.24) is 5.32 Å². The van der Waals surface area contributed by atoms with E-state index in [0.29, 0.717) is 0 Å². The fourth-order valence-electron chi connectivity index (χ4n) is 2.03. The van der Waals surface area contributed by atoms with Crippen LogP contribution >= 0.6 is 12.4 Å². The molecule has 1 aromatic carbocycles. The van der Waals surface area contributed by atoms with Crippen LogP contribution in [0.25, 0.3) is 0 Å². The Hall–Kier alpha value is -1.51. The molecule has 0 aliphatic heterocycles. The van der Waals surface area contributed by atoms with Crippen LogP contribution in [0, 0.1) is 0 Å². The van der Waals surface area contributed by atoms with Crippen LogP contribution in [-0.4, -0.2) is 0 Å². The maximum absolute atomic E-state index is 5.53. The van der Waals surface area contributed by atoms with E-state index in [9.17, 15) is 0 Å². The molecule has 2 aromatic rings. The first-order valence-electron chi connectivity index (χ1n) is 6.18. The average Bonchev–Trinajstić information content (AvgIpc) is 2.93. The third-order valence-corrected chi connectivity index (χ3v) is 3.14. The first-order chi connectivity index (χ1) is 8.74. The summed E-state index contributed by atoms with van der Waals surface area (Å²) in [5, 5.41) is 3.55. The molecule has 1 N–H and O–H groups in total. The second-order valence-corrected chi connectivity index (χ2v) is 4.64. The fourth-order valence-corrected chi connectivity index (χ4v) is 2.03. The third kappa shape index (κ3) is 3.98. The summed E-state index contributed by atoms with van der Waals surface area (Å²) in [4.78, 5) is 0. The molecule has 1 heterocycles. The van der Waals surface area contributed by atoms with Crippen LogP contribution in [0.15, 0.2) is 65.8 Å². The summed E-state index contributed by atoms with van der Waals surface area (Å²) in [7, 11) is 0. The topological polar surface area (TPSA) is 25.2 Å². The third-order valence-electron chi connectivity index (χ3n) is 3.14. The van der Waals surface area contributed by atoms with Crippen LogP contribution in [0.3, 0.4) is 0 Å². The summed E-state index contributed by atoms with van der Waals surface area (Å²) in [5.74, 6) is 0.943. The van der Waals surface area contributed by atoms with Gasteiger partial charge in [-0.25, -0.2) is 0 Å². The molecule has 0 saturated carbocycles. The molecule has 0 aliphatic rings. The van der Waals surface area contributed by atoms with Crippen molar-refractivity contribution in [2.24, 2.45) is 0 Å². The minimum absolute atomic E-state index is 0. The van der Waals surface area contributed by atoms with Gasteiger partial charge in [-0.3, -0.25) is 0 Å². The Balaban J connectivity index is 0.00000180. The van der Waals surface area contributed by atoms with E-state index in [4.69, 9.17) is 4.42 Å². The van der Waals surface area contributed by atoms with Gasteiger partial charge in [0.25, 0.3) is 0 Å². The van der Waals surface area contributed by atoms with E-state index in [2.05, 4.69) is 43.1 Å². The summed E-state index contributed by atoms with van der Waals surface area (Å²) in [6, 6.07) is 14.3. The van der Waals surface area contributed by atoms with Crippen LogP contribution in [0.4, 0.5) is 0 Å². The number of benzene rings is 1. The lowest BCUT2D eigenvalue weighted by Crippen LogP contribution is -2.38. The van der Waals surface area contributed by atoms with E-state index >= 15 is 0 Å². The molecule has 3 heteroatoms. The second-order valence-electron chi connectivity index (χ2n) is 4.64. The van der Waals surface area contributed by atoms with Gasteiger partial charge in [-0.1, -0.05) is 36.4 Å². The van der Waals surface area contributed by atoms with Crippen LogP contribution < -0.4 is 5.32 Å². The Labute approximate surface area is 120 Å². The summed E-state index contributed by atoms with van der Waals surface area (Å²) >= 11 is 0. The molecular weight excluding hydrogens is 258 g/mol. The van der Waals surface area contributed by atoms with Crippen LogP contribution in [0.2, 0.25) is 0 Å². The highest BCUT2D eigenvalue weighted by Crippen LogP contribution is 2.26. The molecular formula is C16H20ClNO. The SMILES string of the molecule is C=CCC(C)(NCc1ccccc1)c1ccco1.Cl. The molecule has 0 saturated heterocycles. The Morgan fingerprint density at radius 2 is 1.95 bits per heavy atom. The molecule has 0 aliphatic carbocycles. The number of furan rings is 1. The zero-order valence-electron chi connectivity index (χ0n) is 11.1. The summed E-state index contributed by atoms with van der Waals surface area (Å²) < 4.78 is 5.53. The van der Waals surface area contributed by atoms with Crippen molar-refractivity contribution >= 4 is 12.4 Å². The van der Waals surface area contributed by atoms with Crippen molar-refractivity contribution in [2.45, 2.75) is 25.4 Å². The Kier molecular flexibility index (Phi) is 5.87. The zero-order chi connectivity index (χ0) is 12.8. The van der Waals surface area contributed by atoms with Gasteiger partial charge in [0.1, 0.15) is 5.76 Å². The van der Waals surface area contributed by atoms with Gasteiger partial charge in [0.2, 0.25) is 0 Å². The number of hydrogen-bond donors (Lipinski definition) is 1. The highest BCUT2D eigenvalue weighted by molar-refractivity contribution is 5.85. The molecule has 0 amide bonds. The molecule has 1 unspecified atom stereocenters. The van der Waals surface area contributed by atoms with Gasteiger partial charge in [-0.05, 0) is 31.0 Å². The van der Waals surface area contributed by atoms with Gasteiger partial charge in [-0.15, -0.1) is 19.0 Å². The Bertz CT molecular complexity index is 481. The Morgan fingerprint density at radius 3 is 2.53 bits per heavy atom. The highest BCUT2D eigenvalue weighted by Gasteiger charge is 2.27. The second kappa shape index (κ2) is 7.17. The van der Waals surface area contributed by atoms with E-state index in [1.165, 1.54) is 5.56 Å². The van der Waals surface area contributed by atoms with Gasteiger partial charge >= 0.3 is 0 Å². The molecule has 0 radical (unpaired) electrons. The van der Waals surface area contributed by atoms with E-state index in [1.54, 1.807) is 6.26 Å². The first-order valence-corrected chi connectivity index (χ1v) is 6.18. The van der Waals surface area contributed by atoms with Gasteiger partial charge in [-0.2, -0.15) is 0 Å². The normalized spacial score (nSPS) is 13.3. The summed E-state index contributed by atoms with van der Waals surface area (Å²) in [6.07, 6.45) is 4.45. The van der Waals surface area contributed by atoms with Crippen molar-refractivity contribution in [1.29, 1.82) is 0 Å². The largest absolute Gasteiger partial charge is 0.467 e. The van der Waals surface area contributed by atoms with Crippen molar-refractivity contribution < 1.29 is 4.42 Å². The molecule has 2 nitrogen and oxygen atoms in total. The lowest BCUT2D eigenvalue weighted by atomic mass is 9.94. The van der Waals surface area contributed by atoms with Crippen molar-refractivity contribution in [3.8, 4) is 0 Å². The maximum atomic E-state index is 5.53.